The molecule has 0 bridgehead atoms. The molecule has 458 valence electrons. The first-order valence-corrected chi connectivity index (χ1v) is 35.7. The van der Waals surface area contributed by atoms with Gasteiger partial charge in [0.15, 0.2) is 0 Å². The average molecular weight is 1110 g/mol. The van der Waals surface area contributed by atoms with Crippen molar-refractivity contribution < 1.29 is 32.9 Å². The number of phosphoric acid groups is 1. The Balaban J connectivity index is 3.91. The molecule has 9 heteroatoms. The zero-order chi connectivity index (χ0) is 56.3. The van der Waals surface area contributed by atoms with Crippen molar-refractivity contribution in [3.05, 3.63) is 24.3 Å². The zero-order valence-electron chi connectivity index (χ0n) is 52.5. The van der Waals surface area contributed by atoms with E-state index in [1.807, 2.05) is 27.2 Å². The number of hydrogen-bond donors (Lipinski definition) is 3. The molecule has 3 unspecified atom stereocenters. The van der Waals surface area contributed by atoms with Crippen molar-refractivity contribution in [3.8, 4) is 0 Å². The molecule has 0 fully saturated rings. The number of allylic oxidation sites excluding steroid dienone is 3. The van der Waals surface area contributed by atoms with Crippen LogP contribution in [0.15, 0.2) is 24.3 Å². The number of hydrogen-bond acceptors (Lipinski definition) is 5. The van der Waals surface area contributed by atoms with Gasteiger partial charge in [0.2, 0.25) is 5.91 Å². The fraction of sp³-hybridized carbons (Fsp3) is 0.926. The van der Waals surface area contributed by atoms with Crippen molar-refractivity contribution >= 4 is 13.7 Å². The number of carbonyl (C=O) groups excluding carboxylic acids is 1. The Hall–Kier alpha value is -1.02. The predicted molar refractivity (Wildman–Crippen MR) is 337 cm³/mol. The Morgan fingerprint density at radius 2 is 0.714 bits per heavy atom. The van der Waals surface area contributed by atoms with Gasteiger partial charge in [-0.05, 0) is 32.1 Å². The monoisotopic (exact) mass is 1110 g/mol. The molecule has 0 radical (unpaired) electrons. The summed E-state index contributed by atoms with van der Waals surface area (Å²) >= 11 is 0. The Kier molecular flexibility index (Phi) is 58.8. The molecule has 3 atom stereocenters. The quantitative estimate of drug-likeness (QED) is 0.0243. The highest BCUT2D eigenvalue weighted by Gasteiger charge is 2.28. The second-order valence-electron chi connectivity index (χ2n) is 24.9. The Bertz CT molecular complexity index is 1300. The predicted octanol–water partition coefficient (Wildman–Crippen LogP) is 21.5. The molecule has 0 heterocycles. The van der Waals surface area contributed by atoms with E-state index in [2.05, 4.69) is 31.3 Å². The number of quaternary nitrogens is 1. The fourth-order valence-electron chi connectivity index (χ4n) is 10.6. The van der Waals surface area contributed by atoms with Crippen LogP contribution in [-0.2, 0) is 18.4 Å². The standard InChI is InChI=1S/C68H135N2O6P/c1-6-8-10-12-14-16-18-20-22-24-25-26-27-28-29-30-31-32-33-34-35-36-37-38-39-40-41-42-43-44-46-48-50-52-54-56-58-60-62-68(72)69-66(65-76-77(73,74)75-64-63-70(3,4)5)67(71)61-59-57-55-53-51-49-47-45-23-21-19-17-15-13-11-9-7-2/h51,53,59,61,66-67,71H,6-50,52,54-58,60,62-65H2,1-5H3,(H-,69,72,73,74)/p+1/b53-51+,61-59+. The van der Waals surface area contributed by atoms with Crippen LogP contribution in [-0.4, -0.2) is 73.4 Å². The Morgan fingerprint density at radius 1 is 0.429 bits per heavy atom. The van der Waals surface area contributed by atoms with E-state index in [1.54, 1.807) is 6.08 Å². The van der Waals surface area contributed by atoms with Crippen LogP contribution < -0.4 is 5.32 Å². The summed E-state index contributed by atoms with van der Waals surface area (Å²) in [5.41, 5.74) is 0. The maximum absolute atomic E-state index is 13.0. The number of unbranched alkanes of at least 4 members (excludes halogenated alkanes) is 49. The number of nitrogens with one attached hydrogen (secondary N) is 1. The van der Waals surface area contributed by atoms with Gasteiger partial charge in [-0.2, -0.15) is 0 Å². The summed E-state index contributed by atoms with van der Waals surface area (Å²) in [7, 11) is 1.57. The van der Waals surface area contributed by atoms with Gasteiger partial charge in [0.05, 0.1) is 39.9 Å². The third kappa shape index (κ3) is 62.4. The Morgan fingerprint density at radius 3 is 1.04 bits per heavy atom. The van der Waals surface area contributed by atoms with Gasteiger partial charge >= 0.3 is 7.82 Å². The minimum absolute atomic E-state index is 0.0588. The Labute approximate surface area is 481 Å². The highest BCUT2D eigenvalue weighted by molar-refractivity contribution is 7.47. The smallest absolute Gasteiger partial charge is 0.387 e. The summed E-state index contributed by atoms with van der Waals surface area (Å²) in [6, 6.07) is -0.861. The van der Waals surface area contributed by atoms with Gasteiger partial charge in [0.25, 0.3) is 0 Å². The topological polar surface area (TPSA) is 105 Å². The van der Waals surface area contributed by atoms with Crippen LogP contribution in [0.5, 0.6) is 0 Å². The maximum Gasteiger partial charge on any atom is 0.472 e. The van der Waals surface area contributed by atoms with Crippen molar-refractivity contribution in [2.45, 2.75) is 366 Å². The maximum atomic E-state index is 13.0. The molecular formula is C68H136N2O6P+. The lowest BCUT2D eigenvalue weighted by Crippen LogP contribution is -2.45. The number of amides is 1. The van der Waals surface area contributed by atoms with Gasteiger partial charge in [0.1, 0.15) is 13.2 Å². The molecule has 1 amide bonds. The molecule has 0 spiro atoms. The molecule has 0 saturated heterocycles. The van der Waals surface area contributed by atoms with Gasteiger partial charge in [0, 0.05) is 6.42 Å². The van der Waals surface area contributed by atoms with Crippen LogP contribution in [0, 0.1) is 0 Å². The molecule has 0 aliphatic rings. The summed E-state index contributed by atoms with van der Waals surface area (Å²) in [5, 5.41) is 13.9. The van der Waals surface area contributed by atoms with Crippen molar-refractivity contribution in [1.29, 1.82) is 0 Å². The number of carbonyl (C=O) groups is 1. The first-order valence-electron chi connectivity index (χ1n) is 34.2. The molecule has 3 N–H and O–H groups in total. The number of aliphatic hydroxyl groups excluding tert-OH is 1. The fourth-order valence-corrected chi connectivity index (χ4v) is 11.3. The third-order valence-electron chi connectivity index (χ3n) is 15.9. The number of rotatable bonds is 64. The van der Waals surface area contributed by atoms with E-state index in [0.717, 1.165) is 38.5 Å². The van der Waals surface area contributed by atoms with E-state index in [4.69, 9.17) is 9.05 Å². The van der Waals surface area contributed by atoms with E-state index in [9.17, 15) is 19.4 Å². The number of aliphatic hydroxyl groups is 1. The van der Waals surface area contributed by atoms with Crippen LogP contribution in [0.1, 0.15) is 354 Å². The first kappa shape index (κ1) is 76.0. The summed E-state index contributed by atoms with van der Waals surface area (Å²) in [5.74, 6) is -0.179. The number of phosphoric ester groups is 1. The van der Waals surface area contributed by atoms with Crippen molar-refractivity contribution in [2.24, 2.45) is 0 Å². The van der Waals surface area contributed by atoms with E-state index in [-0.39, 0.29) is 19.1 Å². The molecule has 0 aromatic carbocycles. The molecule has 0 aromatic rings. The van der Waals surface area contributed by atoms with Crippen molar-refractivity contribution in [1.82, 2.24) is 5.32 Å². The van der Waals surface area contributed by atoms with Crippen LogP contribution in [0.3, 0.4) is 0 Å². The second-order valence-corrected chi connectivity index (χ2v) is 26.4. The van der Waals surface area contributed by atoms with E-state index in [0.29, 0.717) is 17.4 Å². The van der Waals surface area contributed by atoms with Gasteiger partial charge in [-0.1, -0.05) is 340 Å². The zero-order valence-corrected chi connectivity index (χ0v) is 53.4. The summed E-state index contributed by atoms with van der Waals surface area (Å²) < 4.78 is 23.7. The molecule has 0 saturated carbocycles. The average Bonchev–Trinajstić information content (AvgIpc) is 3.39. The second kappa shape index (κ2) is 59.6. The molecular weight excluding hydrogens is 972 g/mol. The molecule has 0 rings (SSSR count). The third-order valence-corrected chi connectivity index (χ3v) is 16.9. The van der Waals surface area contributed by atoms with Crippen molar-refractivity contribution in [3.63, 3.8) is 0 Å². The van der Waals surface area contributed by atoms with Crippen LogP contribution in [0.25, 0.3) is 0 Å². The van der Waals surface area contributed by atoms with E-state index >= 15 is 0 Å². The largest absolute Gasteiger partial charge is 0.472 e. The SMILES string of the molecule is CCCCCCCCCCCCC/C=C/CC/C=C/C(O)C(COP(=O)(O)OCC[N+](C)(C)C)NC(=O)CCCCCCCCCCCCCCCCCCCCCCCCCCCCCCCCCCCCCCCC. The lowest BCUT2D eigenvalue weighted by atomic mass is 10.0. The molecule has 0 aromatic heterocycles. The highest BCUT2D eigenvalue weighted by Crippen LogP contribution is 2.43. The van der Waals surface area contributed by atoms with Gasteiger partial charge in [-0.25, -0.2) is 4.57 Å². The van der Waals surface area contributed by atoms with Crippen LogP contribution >= 0.6 is 7.82 Å². The molecule has 0 aliphatic carbocycles. The normalized spacial score (nSPS) is 13.8. The summed E-state index contributed by atoms with van der Waals surface area (Å²) in [4.78, 5) is 23.3. The van der Waals surface area contributed by atoms with Crippen molar-refractivity contribution in [2.75, 3.05) is 40.9 Å². The molecule has 0 aliphatic heterocycles. The van der Waals surface area contributed by atoms with E-state index < -0.39 is 20.0 Å². The summed E-state index contributed by atoms with van der Waals surface area (Å²) in [6.07, 6.45) is 77.7. The first-order chi connectivity index (χ1) is 37.5. The summed E-state index contributed by atoms with van der Waals surface area (Å²) in [6.45, 7) is 4.85. The van der Waals surface area contributed by atoms with Crippen LogP contribution in [0.4, 0.5) is 0 Å². The number of likely N-dealkylation sites (N-methyl/N-ethyl adjacent to an activating group) is 1. The van der Waals surface area contributed by atoms with Gasteiger partial charge in [-0.15, -0.1) is 0 Å². The van der Waals surface area contributed by atoms with Gasteiger partial charge in [-0.3, -0.25) is 13.8 Å². The van der Waals surface area contributed by atoms with E-state index in [1.165, 1.54) is 295 Å². The lowest BCUT2D eigenvalue weighted by Gasteiger charge is -2.25. The minimum Gasteiger partial charge on any atom is -0.387 e. The highest BCUT2D eigenvalue weighted by atomic mass is 31.2. The lowest BCUT2D eigenvalue weighted by molar-refractivity contribution is -0.870. The molecule has 77 heavy (non-hydrogen) atoms. The molecule has 8 nitrogen and oxygen atoms in total. The number of nitrogens with zero attached hydrogens (tertiary/aromatic N) is 1. The minimum atomic E-state index is -4.35. The van der Waals surface area contributed by atoms with Crippen LogP contribution in [0.2, 0.25) is 0 Å². The van der Waals surface area contributed by atoms with Gasteiger partial charge < -0.3 is 19.8 Å².